The SMILES string of the molecule is C/C(=C(/OCc1cn(-c2ccc([N+](=O)[O-])cc2)nn1)c1ccccc1)n1ccnc1. The van der Waals surface area contributed by atoms with Crippen LogP contribution in [0, 0.1) is 10.1 Å². The molecule has 0 fully saturated rings. The summed E-state index contributed by atoms with van der Waals surface area (Å²) in [6.45, 7) is 2.17. The molecule has 0 saturated heterocycles. The number of benzene rings is 2. The number of non-ortho nitro benzene ring substituents is 1. The van der Waals surface area contributed by atoms with Crippen LogP contribution in [0.15, 0.2) is 79.5 Å². The number of allylic oxidation sites excluding steroid dienone is 1. The molecule has 4 rings (SSSR count). The number of hydrogen-bond acceptors (Lipinski definition) is 6. The Morgan fingerprint density at radius 2 is 1.90 bits per heavy atom. The summed E-state index contributed by atoms with van der Waals surface area (Å²) in [4.78, 5) is 14.5. The Labute approximate surface area is 172 Å². The highest BCUT2D eigenvalue weighted by atomic mass is 16.6. The second-order valence-electron chi connectivity index (χ2n) is 6.47. The maximum atomic E-state index is 10.8. The first-order valence-electron chi connectivity index (χ1n) is 9.15. The van der Waals surface area contributed by atoms with Crippen molar-refractivity contribution in [1.82, 2.24) is 24.5 Å². The minimum atomic E-state index is -0.440. The fraction of sp³-hybridized carbons (Fsp3) is 0.0952. The van der Waals surface area contributed by atoms with E-state index in [4.69, 9.17) is 4.74 Å². The molecule has 0 spiro atoms. The van der Waals surface area contributed by atoms with Crippen molar-refractivity contribution in [1.29, 1.82) is 0 Å². The van der Waals surface area contributed by atoms with Gasteiger partial charge in [0.2, 0.25) is 0 Å². The lowest BCUT2D eigenvalue weighted by molar-refractivity contribution is -0.384. The quantitative estimate of drug-likeness (QED) is 0.264. The van der Waals surface area contributed by atoms with E-state index in [1.165, 1.54) is 12.1 Å². The van der Waals surface area contributed by atoms with E-state index in [0.717, 1.165) is 11.3 Å². The van der Waals surface area contributed by atoms with Crippen LogP contribution >= 0.6 is 0 Å². The Morgan fingerprint density at radius 3 is 2.57 bits per heavy atom. The Balaban J connectivity index is 1.55. The van der Waals surface area contributed by atoms with Crippen LogP contribution in [-0.4, -0.2) is 29.5 Å². The minimum Gasteiger partial charge on any atom is -0.485 e. The third-order valence-electron chi connectivity index (χ3n) is 4.49. The number of nitro benzene ring substituents is 1. The van der Waals surface area contributed by atoms with Gasteiger partial charge in [0.15, 0.2) is 0 Å². The summed E-state index contributed by atoms with van der Waals surface area (Å²) in [6.07, 6.45) is 7.01. The summed E-state index contributed by atoms with van der Waals surface area (Å²) in [5.41, 5.74) is 3.15. The molecule has 4 aromatic rings. The smallest absolute Gasteiger partial charge is 0.269 e. The lowest BCUT2D eigenvalue weighted by atomic mass is 10.1. The van der Waals surface area contributed by atoms with Crippen LogP contribution in [0.3, 0.4) is 0 Å². The van der Waals surface area contributed by atoms with Crippen molar-refractivity contribution >= 4 is 17.1 Å². The second-order valence-corrected chi connectivity index (χ2v) is 6.47. The molecule has 0 bridgehead atoms. The van der Waals surface area contributed by atoms with Crippen molar-refractivity contribution < 1.29 is 9.66 Å². The first-order chi connectivity index (χ1) is 14.6. The van der Waals surface area contributed by atoms with Gasteiger partial charge < -0.3 is 9.30 Å². The monoisotopic (exact) mass is 402 g/mol. The van der Waals surface area contributed by atoms with Gasteiger partial charge in [-0.3, -0.25) is 10.1 Å². The Morgan fingerprint density at radius 1 is 1.13 bits per heavy atom. The van der Waals surface area contributed by atoms with Crippen LogP contribution in [0.2, 0.25) is 0 Å². The molecule has 9 heteroatoms. The van der Waals surface area contributed by atoms with Crippen molar-refractivity contribution in [3.8, 4) is 5.69 Å². The molecule has 0 aliphatic carbocycles. The largest absolute Gasteiger partial charge is 0.485 e. The molecule has 150 valence electrons. The molecule has 0 saturated carbocycles. The molecule has 0 aliphatic rings. The zero-order valence-corrected chi connectivity index (χ0v) is 16.1. The normalized spacial score (nSPS) is 11.8. The average molecular weight is 402 g/mol. The molecule has 0 atom stereocenters. The van der Waals surface area contributed by atoms with E-state index in [9.17, 15) is 10.1 Å². The Kier molecular flexibility index (Phi) is 5.33. The number of nitro groups is 1. The zero-order chi connectivity index (χ0) is 20.9. The van der Waals surface area contributed by atoms with Gasteiger partial charge in [-0.1, -0.05) is 35.5 Å². The number of nitrogens with zero attached hydrogens (tertiary/aromatic N) is 6. The Bertz CT molecular complexity index is 1170. The number of rotatable bonds is 7. The summed E-state index contributed by atoms with van der Waals surface area (Å²) >= 11 is 0. The van der Waals surface area contributed by atoms with Crippen LogP contribution in [0.25, 0.3) is 17.1 Å². The standard InChI is InChI=1S/C21H18N6O3/c1-16(25-12-11-22-15-25)21(17-5-3-2-4-6-17)30-14-18-13-26(24-23-18)19-7-9-20(10-8-19)27(28)29/h2-13,15H,14H2,1H3/b21-16-. The Hall–Kier alpha value is -4.27. The van der Waals surface area contributed by atoms with Crippen molar-refractivity contribution in [2.24, 2.45) is 0 Å². The highest BCUT2D eigenvalue weighted by molar-refractivity contribution is 5.77. The first-order valence-corrected chi connectivity index (χ1v) is 9.15. The molecule has 2 heterocycles. The molecule has 0 amide bonds. The highest BCUT2D eigenvalue weighted by Gasteiger charge is 2.12. The van der Waals surface area contributed by atoms with Gasteiger partial charge in [0, 0.05) is 30.1 Å². The van der Waals surface area contributed by atoms with Crippen LogP contribution < -0.4 is 0 Å². The van der Waals surface area contributed by atoms with E-state index in [0.29, 0.717) is 17.1 Å². The topological polar surface area (TPSA) is 101 Å². The summed E-state index contributed by atoms with van der Waals surface area (Å²) in [5.74, 6) is 0.707. The minimum absolute atomic E-state index is 0.0232. The molecule has 2 aromatic carbocycles. The molecule has 2 aromatic heterocycles. The average Bonchev–Trinajstić information content (AvgIpc) is 3.47. The van der Waals surface area contributed by atoms with Gasteiger partial charge in [0.25, 0.3) is 5.69 Å². The van der Waals surface area contributed by atoms with E-state index in [2.05, 4.69) is 15.3 Å². The number of imidazole rings is 1. The van der Waals surface area contributed by atoms with Crippen molar-refractivity contribution in [3.63, 3.8) is 0 Å². The first kappa shape index (κ1) is 19.1. The molecular formula is C21H18N6O3. The van der Waals surface area contributed by atoms with Crippen LogP contribution in [-0.2, 0) is 11.3 Å². The summed E-state index contributed by atoms with van der Waals surface area (Å²) < 4.78 is 9.56. The van der Waals surface area contributed by atoms with Crippen LogP contribution in [0.1, 0.15) is 18.2 Å². The zero-order valence-electron chi connectivity index (χ0n) is 16.1. The predicted octanol–water partition coefficient (Wildman–Crippen LogP) is 3.93. The van der Waals surface area contributed by atoms with Gasteiger partial charge in [-0.05, 0) is 19.1 Å². The number of aromatic nitrogens is 5. The van der Waals surface area contributed by atoms with Gasteiger partial charge in [0.05, 0.1) is 28.8 Å². The van der Waals surface area contributed by atoms with E-state index >= 15 is 0 Å². The highest BCUT2D eigenvalue weighted by Crippen LogP contribution is 2.24. The van der Waals surface area contributed by atoms with Gasteiger partial charge >= 0.3 is 0 Å². The van der Waals surface area contributed by atoms with E-state index in [-0.39, 0.29) is 12.3 Å². The van der Waals surface area contributed by atoms with Crippen molar-refractivity contribution in [3.05, 3.63) is 101 Å². The fourth-order valence-corrected chi connectivity index (χ4v) is 2.92. The maximum Gasteiger partial charge on any atom is 0.269 e. The third kappa shape index (κ3) is 4.09. The lowest BCUT2D eigenvalue weighted by Gasteiger charge is -2.14. The molecular weight excluding hydrogens is 384 g/mol. The van der Waals surface area contributed by atoms with Crippen LogP contribution in [0.5, 0.6) is 0 Å². The molecule has 0 N–H and O–H groups in total. The van der Waals surface area contributed by atoms with Gasteiger partial charge in [-0.15, -0.1) is 5.10 Å². The molecule has 0 radical (unpaired) electrons. The van der Waals surface area contributed by atoms with E-state index in [1.807, 2.05) is 48.0 Å². The molecule has 30 heavy (non-hydrogen) atoms. The predicted molar refractivity (Wildman–Crippen MR) is 110 cm³/mol. The molecule has 9 nitrogen and oxygen atoms in total. The second kappa shape index (κ2) is 8.39. The summed E-state index contributed by atoms with van der Waals surface area (Å²) in [6, 6.07) is 15.9. The third-order valence-corrected chi connectivity index (χ3v) is 4.49. The lowest BCUT2D eigenvalue weighted by Crippen LogP contribution is -2.01. The molecule has 0 unspecified atom stereocenters. The van der Waals surface area contributed by atoms with Gasteiger partial charge in [0.1, 0.15) is 18.1 Å². The van der Waals surface area contributed by atoms with Crippen molar-refractivity contribution in [2.45, 2.75) is 13.5 Å². The van der Waals surface area contributed by atoms with E-state index < -0.39 is 4.92 Å². The summed E-state index contributed by atoms with van der Waals surface area (Å²) in [7, 11) is 0. The molecule has 0 aliphatic heterocycles. The number of ether oxygens (including phenoxy) is 1. The maximum absolute atomic E-state index is 10.8. The summed E-state index contributed by atoms with van der Waals surface area (Å²) in [5, 5.41) is 19.0. The van der Waals surface area contributed by atoms with Gasteiger partial charge in [-0.2, -0.15) is 0 Å². The fourth-order valence-electron chi connectivity index (χ4n) is 2.92. The van der Waals surface area contributed by atoms with E-state index in [1.54, 1.807) is 35.5 Å². The number of hydrogen-bond donors (Lipinski definition) is 0. The van der Waals surface area contributed by atoms with Gasteiger partial charge in [-0.25, -0.2) is 9.67 Å². The van der Waals surface area contributed by atoms with Crippen molar-refractivity contribution in [2.75, 3.05) is 0 Å². The van der Waals surface area contributed by atoms with Crippen LogP contribution in [0.4, 0.5) is 5.69 Å².